The fraction of sp³-hybridized carbons (Fsp3) is 0.154. The zero-order valence-electron chi connectivity index (χ0n) is 9.84. The summed E-state index contributed by atoms with van der Waals surface area (Å²) in [5.41, 5.74) is 1.49. The van der Waals surface area contributed by atoms with Crippen LogP contribution in [0.25, 0.3) is 0 Å². The van der Waals surface area contributed by atoms with Gasteiger partial charge in [-0.3, -0.25) is 9.97 Å². The summed E-state index contributed by atoms with van der Waals surface area (Å²) in [4.78, 5) is 9.81. The molecular weight excluding hydrogens is 231 g/mol. The van der Waals surface area contributed by atoms with Crippen molar-refractivity contribution in [1.82, 2.24) is 9.97 Å². The largest absolute Gasteiger partial charge is 0.366 e. The first-order valence-corrected chi connectivity index (χ1v) is 5.36. The van der Waals surface area contributed by atoms with Crippen LogP contribution in [0.2, 0.25) is 0 Å². The molecule has 0 unspecified atom stereocenters. The molecule has 0 atom stereocenters. The molecule has 0 N–H and O–H groups in total. The first-order chi connectivity index (χ1) is 8.70. The van der Waals surface area contributed by atoms with Crippen molar-refractivity contribution in [3.8, 4) is 6.07 Å². The van der Waals surface area contributed by atoms with Gasteiger partial charge in [0.05, 0.1) is 35.8 Å². The molecular formula is C13H11FN4. The van der Waals surface area contributed by atoms with Crippen LogP contribution in [0.3, 0.4) is 0 Å². The van der Waals surface area contributed by atoms with E-state index in [4.69, 9.17) is 5.26 Å². The number of anilines is 1. The Kier molecular flexibility index (Phi) is 3.49. The first-order valence-electron chi connectivity index (χ1n) is 5.36. The summed E-state index contributed by atoms with van der Waals surface area (Å²) in [5, 5.41) is 8.68. The summed E-state index contributed by atoms with van der Waals surface area (Å²) in [5.74, 6) is -0.416. The van der Waals surface area contributed by atoms with Crippen LogP contribution in [0.15, 0.2) is 36.8 Å². The van der Waals surface area contributed by atoms with E-state index in [0.29, 0.717) is 17.8 Å². The predicted molar refractivity (Wildman–Crippen MR) is 65.3 cm³/mol. The lowest BCUT2D eigenvalue weighted by atomic mass is 10.2. The average molecular weight is 242 g/mol. The summed E-state index contributed by atoms with van der Waals surface area (Å²) >= 11 is 0. The highest BCUT2D eigenvalue weighted by atomic mass is 19.1. The van der Waals surface area contributed by atoms with E-state index in [1.165, 1.54) is 6.07 Å². The summed E-state index contributed by atoms with van der Waals surface area (Å²) in [6.07, 6.45) is 4.82. The molecule has 0 aliphatic carbocycles. The van der Waals surface area contributed by atoms with Gasteiger partial charge in [-0.1, -0.05) is 0 Å². The van der Waals surface area contributed by atoms with Crippen molar-refractivity contribution in [3.63, 3.8) is 0 Å². The number of nitrogens with zero attached hydrogens (tertiary/aromatic N) is 4. The molecule has 0 saturated heterocycles. The Balaban J connectivity index is 2.19. The van der Waals surface area contributed by atoms with Crippen LogP contribution in [-0.4, -0.2) is 17.0 Å². The summed E-state index contributed by atoms with van der Waals surface area (Å²) in [6, 6.07) is 6.30. The highest BCUT2D eigenvalue weighted by molar-refractivity contribution is 5.50. The number of hydrogen-bond acceptors (Lipinski definition) is 4. The Morgan fingerprint density at radius 3 is 2.83 bits per heavy atom. The second kappa shape index (κ2) is 5.23. The Labute approximate surface area is 104 Å². The molecule has 1 heterocycles. The van der Waals surface area contributed by atoms with Crippen LogP contribution in [0.1, 0.15) is 11.3 Å². The van der Waals surface area contributed by atoms with Gasteiger partial charge in [-0.15, -0.1) is 0 Å². The van der Waals surface area contributed by atoms with Crippen LogP contribution in [0, 0.1) is 17.1 Å². The molecule has 0 bridgehead atoms. The lowest BCUT2D eigenvalue weighted by Gasteiger charge is -2.19. The molecule has 1 aromatic carbocycles. The van der Waals surface area contributed by atoms with Gasteiger partial charge in [-0.25, -0.2) is 4.39 Å². The minimum Gasteiger partial charge on any atom is -0.366 e. The highest BCUT2D eigenvalue weighted by Gasteiger charge is 2.09. The Morgan fingerprint density at radius 1 is 1.39 bits per heavy atom. The predicted octanol–water partition coefficient (Wildman–Crippen LogP) is 2.12. The molecule has 0 radical (unpaired) electrons. The normalized spacial score (nSPS) is 9.83. The number of halogens is 1. The molecule has 2 aromatic rings. The lowest BCUT2D eigenvalue weighted by Crippen LogP contribution is -2.18. The number of hydrogen-bond donors (Lipinski definition) is 0. The van der Waals surface area contributed by atoms with Gasteiger partial charge in [0.2, 0.25) is 0 Å². The zero-order chi connectivity index (χ0) is 13.0. The standard InChI is InChI=1S/C13H11FN4/c1-18(9-11-8-16-4-5-17-11)13-3-2-10(7-15)6-12(13)14/h2-6,8H,9H2,1H3. The van der Waals surface area contributed by atoms with Gasteiger partial charge < -0.3 is 4.90 Å². The number of rotatable bonds is 3. The molecule has 0 aliphatic rings. The van der Waals surface area contributed by atoms with Gasteiger partial charge in [0.25, 0.3) is 0 Å². The van der Waals surface area contributed by atoms with E-state index in [2.05, 4.69) is 9.97 Å². The third kappa shape index (κ3) is 2.61. The van der Waals surface area contributed by atoms with Crippen LogP contribution < -0.4 is 4.90 Å². The van der Waals surface area contributed by atoms with Crippen molar-refractivity contribution in [2.24, 2.45) is 0 Å². The molecule has 4 nitrogen and oxygen atoms in total. The van der Waals surface area contributed by atoms with Gasteiger partial charge in [0, 0.05) is 19.4 Å². The van der Waals surface area contributed by atoms with E-state index in [1.807, 2.05) is 6.07 Å². The summed E-state index contributed by atoms with van der Waals surface area (Å²) in [6.45, 7) is 0.455. The van der Waals surface area contributed by atoms with Crippen LogP contribution in [0.4, 0.5) is 10.1 Å². The van der Waals surface area contributed by atoms with E-state index < -0.39 is 5.82 Å². The maximum atomic E-state index is 13.8. The van der Waals surface area contributed by atoms with Crippen molar-refractivity contribution < 1.29 is 4.39 Å². The molecule has 0 fully saturated rings. The quantitative estimate of drug-likeness (QED) is 0.827. The second-order valence-electron chi connectivity index (χ2n) is 3.83. The third-order valence-corrected chi connectivity index (χ3v) is 2.50. The van der Waals surface area contributed by atoms with E-state index in [9.17, 15) is 4.39 Å². The smallest absolute Gasteiger partial charge is 0.147 e. The molecule has 90 valence electrons. The van der Waals surface area contributed by atoms with Crippen LogP contribution >= 0.6 is 0 Å². The third-order valence-electron chi connectivity index (χ3n) is 2.50. The van der Waals surface area contributed by atoms with Gasteiger partial charge in [-0.05, 0) is 18.2 Å². The Hall–Kier alpha value is -2.48. The van der Waals surface area contributed by atoms with Gasteiger partial charge in [-0.2, -0.15) is 5.26 Å². The molecule has 0 saturated carbocycles. The van der Waals surface area contributed by atoms with Gasteiger partial charge >= 0.3 is 0 Å². The SMILES string of the molecule is CN(Cc1cnccn1)c1ccc(C#N)cc1F. The maximum Gasteiger partial charge on any atom is 0.147 e. The van der Waals surface area contributed by atoms with E-state index >= 15 is 0 Å². The number of nitriles is 1. The minimum atomic E-state index is -0.416. The number of aromatic nitrogens is 2. The fourth-order valence-electron chi connectivity index (χ4n) is 1.63. The molecule has 5 heteroatoms. The van der Waals surface area contributed by atoms with E-state index in [-0.39, 0.29) is 0 Å². The van der Waals surface area contributed by atoms with Crippen molar-refractivity contribution in [1.29, 1.82) is 5.26 Å². The molecule has 1 aromatic heterocycles. The molecule has 0 aliphatic heterocycles. The molecule has 18 heavy (non-hydrogen) atoms. The van der Waals surface area contributed by atoms with Crippen LogP contribution in [-0.2, 0) is 6.54 Å². The fourth-order valence-corrected chi connectivity index (χ4v) is 1.63. The second-order valence-corrected chi connectivity index (χ2v) is 3.83. The summed E-state index contributed by atoms with van der Waals surface area (Å²) in [7, 11) is 1.76. The first kappa shape index (κ1) is 12.0. The Bertz CT molecular complexity index is 577. The van der Waals surface area contributed by atoms with Crippen molar-refractivity contribution in [2.75, 3.05) is 11.9 Å². The molecule has 2 rings (SSSR count). The average Bonchev–Trinajstić information content (AvgIpc) is 2.39. The van der Waals surface area contributed by atoms with E-state index in [0.717, 1.165) is 5.69 Å². The maximum absolute atomic E-state index is 13.8. The lowest BCUT2D eigenvalue weighted by molar-refractivity contribution is 0.621. The van der Waals surface area contributed by atoms with Gasteiger partial charge in [0.1, 0.15) is 5.82 Å². The molecule has 0 amide bonds. The minimum absolute atomic E-state index is 0.309. The number of benzene rings is 1. The van der Waals surface area contributed by atoms with Crippen LogP contribution in [0.5, 0.6) is 0 Å². The van der Waals surface area contributed by atoms with Gasteiger partial charge in [0.15, 0.2) is 0 Å². The monoisotopic (exact) mass is 242 g/mol. The molecule has 0 spiro atoms. The topological polar surface area (TPSA) is 52.8 Å². The van der Waals surface area contributed by atoms with E-state index in [1.54, 1.807) is 42.7 Å². The van der Waals surface area contributed by atoms with Crippen molar-refractivity contribution in [3.05, 3.63) is 53.9 Å². The van der Waals surface area contributed by atoms with Crippen molar-refractivity contribution >= 4 is 5.69 Å². The van der Waals surface area contributed by atoms with Crippen molar-refractivity contribution in [2.45, 2.75) is 6.54 Å². The highest BCUT2D eigenvalue weighted by Crippen LogP contribution is 2.20. The Morgan fingerprint density at radius 2 is 2.22 bits per heavy atom. The zero-order valence-corrected chi connectivity index (χ0v) is 9.84. The summed E-state index contributed by atoms with van der Waals surface area (Å²) < 4.78 is 13.8.